The van der Waals surface area contributed by atoms with Crippen molar-refractivity contribution in [2.24, 2.45) is 64.1 Å². The third-order valence-corrected chi connectivity index (χ3v) is 12.1. The third-order valence-electron chi connectivity index (χ3n) is 12.1. The highest BCUT2D eigenvalue weighted by Gasteiger charge is 2.64. The molecule has 184 valence electrons. The molecule has 4 aliphatic carbocycles. The largest absolute Gasteiger partial charge is 0.462 e. The van der Waals surface area contributed by atoms with Gasteiger partial charge in [-0.25, -0.2) is 0 Å². The topological polar surface area (TPSA) is 63.6 Å². The van der Waals surface area contributed by atoms with Crippen molar-refractivity contribution in [2.75, 3.05) is 0 Å². The van der Waals surface area contributed by atoms with Crippen LogP contribution in [-0.2, 0) is 14.3 Å². The highest BCUT2D eigenvalue weighted by Crippen LogP contribution is 2.68. The van der Waals surface area contributed by atoms with Gasteiger partial charge in [0.2, 0.25) is 0 Å². The lowest BCUT2D eigenvalue weighted by molar-refractivity contribution is -0.173. The van der Waals surface area contributed by atoms with Crippen molar-refractivity contribution >= 4 is 11.8 Å². The number of rotatable bonds is 2. The van der Waals surface area contributed by atoms with Crippen molar-refractivity contribution < 1.29 is 19.4 Å². The maximum atomic E-state index is 13.2. The standard InChI is InChI=1S/C29H44O4/c1-15-13-24(33-27(32)17(15)3)18(4)21-7-8-22-20-14-16(2)29(6)25(31)10-9-23(30)26(29)19(20)11-12-28(21,22)5/h9-10,15-22,24-26,31H,7-8,11-14H2,1-6H3/t15-,16-,17+,18+,19?,20?,21?,22?,24?,25+,26?,28-,29-/m1/s1. The van der Waals surface area contributed by atoms with E-state index in [9.17, 15) is 14.7 Å². The quantitative estimate of drug-likeness (QED) is 0.563. The lowest BCUT2D eigenvalue weighted by atomic mass is 9.43. The highest BCUT2D eigenvalue weighted by atomic mass is 16.5. The number of carbonyl (C=O) groups is 2. The van der Waals surface area contributed by atoms with Gasteiger partial charge in [0.15, 0.2) is 5.78 Å². The number of cyclic esters (lactones) is 1. The van der Waals surface area contributed by atoms with Crippen LogP contribution in [0.15, 0.2) is 12.2 Å². The maximum Gasteiger partial charge on any atom is 0.309 e. The van der Waals surface area contributed by atoms with Crippen LogP contribution in [0.2, 0.25) is 0 Å². The summed E-state index contributed by atoms with van der Waals surface area (Å²) in [6.07, 6.45) is 9.67. The molecule has 5 aliphatic rings. The molecule has 5 rings (SSSR count). The first kappa shape index (κ1) is 23.6. The van der Waals surface area contributed by atoms with Gasteiger partial charge in [-0.15, -0.1) is 0 Å². The fraction of sp³-hybridized carbons (Fsp3) is 0.862. The van der Waals surface area contributed by atoms with E-state index in [4.69, 9.17) is 4.74 Å². The zero-order valence-corrected chi connectivity index (χ0v) is 21.4. The molecule has 0 spiro atoms. The summed E-state index contributed by atoms with van der Waals surface area (Å²) in [6, 6.07) is 0. The molecule has 0 aromatic heterocycles. The van der Waals surface area contributed by atoms with Crippen LogP contribution in [0.3, 0.4) is 0 Å². The van der Waals surface area contributed by atoms with Gasteiger partial charge in [-0.2, -0.15) is 0 Å². The van der Waals surface area contributed by atoms with Crippen LogP contribution in [0.1, 0.15) is 80.1 Å². The molecule has 4 heteroatoms. The van der Waals surface area contributed by atoms with Crippen LogP contribution < -0.4 is 0 Å². The van der Waals surface area contributed by atoms with E-state index in [1.54, 1.807) is 12.2 Å². The van der Waals surface area contributed by atoms with E-state index < -0.39 is 6.10 Å². The minimum Gasteiger partial charge on any atom is -0.462 e. The molecule has 0 amide bonds. The Morgan fingerprint density at radius 3 is 2.48 bits per heavy atom. The van der Waals surface area contributed by atoms with E-state index in [-0.39, 0.29) is 40.5 Å². The second-order valence-corrected chi connectivity index (χ2v) is 13.2. The minimum absolute atomic E-state index is 0.00581. The molecule has 0 aromatic rings. The minimum atomic E-state index is -0.522. The van der Waals surface area contributed by atoms with Crippen molar-refractivity contribution in [3.8, 4) is 0 Å². The molecule has 1 saturated heterocycles. The number of fused-ring (bicyclic) bond motifs is 5. The molecular weight excluding hydrogens is 412 g/mol. The van der Waals surface area contributed by atoms with E-state index >= 15 is 0 Å². The van der Waals surface area contributed by atoms with Gasteiger partial charge in [0, 0.05) is 11.3 Å². The Morgan fingerprint density at radius 1 is 1.06 bits per heavy atom. The number of aliphatic hydroxyl groups is 1. The van der Waals surface area contributed by atoms with Gasteiger partial charge in [0.25, 0.3) is 0 Å². The van der Waals surface area contributed by atoms with Crippen molar-refractivity contribution in [3.63, 3.8) is 0 Å². The molecule has 1 aliphatic heterocycles. The Labute approximate surface area is 199 Å². The number of hydrogen-bond donors (Lipinski definition) is 1. The average molecular weight is 457 g/mol. The monoisotopic (exact) mass is 456 g/mol. The molecule has 1 N–H and O–H groups in total. The van der Waals surface area contributed by atoms with Gasteiger partial charge in [-0.05, 0) is 91.4 Å². The van der Waals surface area contributed by atoms with E-state index in [0.29, 0.717) is 41.4 Å². The Balaban J connectivity index is 1.40. The van der Waals surface area contributed by atoms with Gasteiger partial charge in [-0.3, -0.25) is 9.59 Å². The van der Waals surface area contributed by atoms with Gasteiger partial charge in [-0.1, -0.05) is 47.6 Å². The summed E-state index contributed by atoms with van der Waals surface area (Å²) in [5.74, 6) is 3.41. The second kappa shape index (κ2) is 7.93. The fourth-order valence-electron chi connectivity index (χ4n) is 9.58. The molecule has 6 unspecified atom stereocenters. The summed E-state index contributed by atoms with van der Waals surface area (Å²) in [5.41, 5.74) is -0.0892. The Hall–Kier alpha value is -1.16. The highest BCUT2D eigenvalue weighted by molar-refractivity contribution is 5.94. The third kappa shape index (κ3) is 3.25. The van der Waals surface area contributed by atoms with Crippen molar-refractivity contribution in [2.45, 2.75) is 92.3 Å². The molecule has 33 heavy (non-hydrogen) atoms. The molecule has 0 bridgehead atoms. The number of ether oxygens (including phenoxy) is 1. The van der Waals surface area contributed by atoms with E-state index in [1.165, 1.54) is 12.8 Å². The SMILES string of the molecule is C[C@H](C1C[C@@H](C)[C@H](C)C(=O)O1)C1CCC2C3C[C@@H](C)[C@@]4(C)C(C(=O)C=C[C@@H]4O)C3CC[C@@]21C. The lowest BCUT2D eigenvalue weighted by Gasteiger charge is -2.61. The van der Waals surface area contributed by atoms with Crippen molar-refractivity contribution in [1.29, 1.82) is 0 Å². The molecule has 0 radical (unpaired) electrons. The summed E-state index contributed by atoms with van der Waals surface area (Å²) in [5, 5.41) is 10.9. The first-order valence-corrected chi connectivity index (χ1v) is 13.6. The van der Waals surface area contributed by atoms with Gasteiger partial charge in [0.05, 0.1) is 12.0 Å². The summed E-state index contributed by atoms with van der Waals surface area (Å²) in [7, 11) is 0. The number of allylic oxidation sites excluding steroid dienone is 1. The zero-order valence-electron chi connectivity index (χ0n) is 21.4. The number of carbonyl (C=O) groups excluding carboxylic acids is 2. The molecule has 0 aromatic carbocycles. The summed E-state index contributed by atoms with van der Waals surface area (Å²) in [4.78, 5) is 25.6. The molecule has 1 heterocycles. The molecule has 3 saturated carbocycles. The van der Waals surface area contributed by atoms with Gasteiger partial charge in [0.1, 0.15) is 6.10 Å². The Bertz CT molecular complexity index is 849. The average Bonchev–Trinajstić information content (AvgIpc) is 3.12. The fourth-order valence-corrected chi connectivity index (χ4v) is 9.58. The van der Waals surface area contributed by atoms with Crippen LogP contribution in [-0.4, -0.2) is 29.1 Å². The van der Waals surface area contributed by atoms with Crippen LogP contribution >= 0.6 is 0 Å². The summed E-state index contributed by atoms with van der Waals surface area (Å²) in [6.45, 7) is 13.5. The van der Waals surface area contributed by atoms with Gasteiger partial charge >= 0.3 is 5.97 Å². The number of esters is 1. The predicted octanol–water partition coefficient (Wildman–Crippen LogP) is 5.43. The van der Waals surface area contributed by atoms with E-state index in [0.717, 1.165) is 25.7 Å². The second-order valence-electron chi connectivity index (χ2n) is 13.2. The molecule has 4 fully saturated rings. The zero-order chi connectivity index (χ0) is 23.9. The molecule has 4 nitrogen and oxygen atoms in total. The lowest BCUT2D eigenvalue weighted by Crippen LogP contribution is -2.60. The molecule has 13 atom stereocenters. The number of hydrogen-bond acceptors (Lipinski definition) is 4. The molecular formula is C29H44O4. The first-order valence-electron chi connectivity index (χ1n) is 13.6. The van der Waals surface area contributed by atoms with E-state index in [1.807, 2.05) is 6.92 Å². The van der Waals surface area contributed by atoms with E-state index in [2.05, 4.69) is 34.6 Å². The van der Waals surface area contributed by atoms with Crippen LogP contribution in [0.25, 0.3) is 0 Å². The Kier molecular flexibility index (Phi) is 5.67. The smallest absolute Gasteiger partial charge is 0.309 e. The predicted molar refractivity (Wildman–Crippen MR) is 128 cm³/mol. The van der Waals surface area contributed by atoms with Crippen LogP contribution in [0, 0.1) is 64.1 Å². The maximum absolute atomic E-state index is 13.2. The van der Waals surface area contributed by atoms with Crippen molar-refractivity contribution in [1.82, 2.24) is 0 Å². The van der Waals surface area contributed by atoms with Crippen molar-refractivity contribution in [3.05, 3.63) is 12.2 Å². The number of aliphatic hydroxyl groups excluding tert-OH is 1. The first-order chi connectivity index (χ1) is 15.5. The van der Waals surface area contributed by atoms with Crippen LogP contribution in [0.4, 0.5) is 0 Å². The summed E-state index contributed by atoms with van der Waals surface area (Å²) >= 11 is 0. The number of ketones is 1. The van der Waals surface area contributed by atoms with Crippen LogP contribution in [0.5, 0.6) is 0 Å². The van der Waals surface area contributed by atoms with Gasteiger partial charge < -0.3 is 9.84 Å². The Morgan fingerprint density at radius 2 is 1.79 bits per heavy atom. The normalized spacial score (nSPS) is 54.8. The summed E-state index contributed by atoms with van der Waals surface area (Å²) < 4.78 is 5.98.